The number of nitrogen functional groups attached to an aromatic ring is 1. The third-order valence-corrected chi connectivity index (χ3v) is 3.31. The number of benzene rings is 2. The van der Waals surface area contributed by atoms with Crippen LogP contribution in [0.15, 0.2) is 36.4 Å². The Morgan fingerprint density at radius 2 is 1.84 bits per heavy atom. The van der Waals surface area contributed by atoms with E-state index in [9.17, 15) is 4.79 Å². The van der Waals surface area contributed by atoms with E-state index in [1.807, 2.05) is 26.0 Å². The van der Waals surface area contributed by atoms with Crippen molar-refractivity contribution in [3.05, 3.63) is 58.1 Å². The van der Waals surface area contributed by atoms with Gasteiger partial charge < -0.3 is 11.1 Å². The van der Waals surface area contributed by atoms with Crippen LogP contribution >= 0.6 is 11.6 Å². The van der Waals surface area contributed by atoms with Gasteiger partial charge in [0.1, 0.15) is 0 Å². The highest BCUT2D eigenvalue weighted by molar-refractivity contribution is 6.34. The maximum absolute atomic E-state index is 12.2. The average Bonchev–Trinajstić information content (AvgIpc) is 2.36. The van der Waals surface area contributed by atoms with E-state index in [4.69, 9.17) is 17.3 Å². The molecule has 1 amide bonds. The van der Waals surface area contributed by atoms with E-state index in [1.54, 1.807) is 24.3 Å². The number of carbonyl (C=O) groups excluding carboxylic acids is 1. The molecule has 0 unspecified atom stereocenters. The van der Waals surface area contributed by atoms with Gasteiger partial charge in [0.15, 0.2) is 0 Å². The van der Waals surface area contributed by atoms with Gasteiger partial charge in [-0.05, 0) is 49.2 Å². The van der Waals surface area contributed by atoms with Crippen LogP contribution in [-0.4, -0.2) is 5.91 Å². The van der Waals surface area contributed by atoms with Gasteiger partial charge in [0.25, 0.3) is 5.91 Å². The van der Waals surface area contributed by atoms with Gasteiger partial charge in [-0.3, -0.25) is 4.79 Å². The molecule has 0 bridgehead atoms. The van der Waals surface area contributed by atoms with Crippen molar-refractivity contribution in [1.29, 1.82) is 0 Å². The van der Waals surface area contributed by atoms with Gasteiger partial charge in [0.2, 0.25) is 0 Å². The maximum Gasteiger partial charge on any atom is 0.257 e. The van der Waals surface area contributed by atoms with Crippen LogP contribution < -0.4 is 11.1 Å². The summed E-state index contributed by atoms with van der Waals surface area (Å²) in [5, 5.41) is 3.29. The summed E-state index contributed by atoms with van der Waals surface area (Å²) in [5.41, 5.74) is 9.59. The Morgan fingerprint density at radius 3 is 2.53 bits per heavy atom. The molecule has 0 aliphatic heterocycles. The molecule has 0 radical (unpaired) electrons. The second-order valence-corrected chi connectivity index (χ2v) is 4.86. The maximum atomic E-state index is 12.2. The monoisotopic (exact) mass is 274 g/mol. The van der Waals surface area contributed by atoms with E-state index in [0.717, 1.165) is 16.8 Å². The summed E-state index contributed by atoms with van der Waals surface area (Å²) >= 11 is 6.00. The van der Waals surface area contributed by atoms with Crippen LogP contribution in [0.5, 0.6) is 0 Å². The summed E-state index contributed by atoms with van der Waals surface area (Å²) in [4.78, 5) is 12.2. The molecule has 19 heavy (non-hydrogen) atoms. The molecule has 0 aromatic heterocycles. The lowest BCUT2D eigenvalue weighted by atomic mass is 10.1. The first kappa shape index (κ1) is 13.4. The molecular formula is C15H15ClN2O. The molecule has 0 fully saturated rings. The first-order valence-electron chi connectivity index (χ1n) is 5.91. The first-order chi connectivity index (χ1) is 8.99. The zero-order valence-electron chi connectivity index (χ0n) is 10.8. The Kier molecular flexibility index (Phi) is 3.76. The molecule has 0 saturated heterocycles. The third kappa shape index (κ3) is 2.88. The molecule has 2 aromatic rings. The van der Waals surface area contributed by atoms with E-state index in [0.29, 0.717) is 16.3 Å². The van der Waals surface area contributed by atoms with Crippen molar-refractivity contribution in [2.75, 3.05) is 11.1 Å². The Morgan fingerprint density at radius 1 is 1.16 bits per heavy atom. The van der Waals surface area contributed by atoms with E-state index in [1.165, 1.54) is 0 Å². The number of carbonyl (C=O) groups is 1. The fraction of sp³-hybridized carbons (Fsp3) is 0.133. The van der Waals surface area contributed by atoms with E-state index in [2.05, 4.69) is 5.32 Å². The zero-order chi connectivity index (χ0) is 14.0. The molecule has 0 spiro atoms. The standard InChI is InChI=1S/C15H15ClN2O/c1-9-8-14(10(2)7-13(9)17)18-15(19)11-5-3-4-6-12(11)16/h3-8H,17H2,1-2H3,(H,18,19). The number of anilines is 2. The lowest BCUT2D eigenvalue weighted by molar-refractivity contribution is 0.102. The van der Waals surface area contributed by atoms with Crippen LogP contribution in [0.3, 0.4) is 0 Å². The molecule has 0 aliphatic rings. The second kappa shape index (κ2) is 5.33. The van der Waals surface area contributed by atoms with Gasteiger partial charge in [-0.1, -0.05) is 23.7 Å². The lowest BCUT2D eigenvalue weighted by Gasteiger charge is -2.11. The average molecular weight is 275 g/mol. The Hall–Kier alpha value is -2.00. The fourth-order valence-electron chi connectivity index (χ4n) is 1.81. The Bertz CT molecular complexity index is 638. The normalized spacial score (nSPS) is 10.3. The highest BCUT2D eigenvalue weighted by Gasteiger charge is 2.11. The van der Waals surface area contributed by atoms with Crippen molar-refractivity contribution < 1.29 is 4.79 Å². The Balaban J connectivity index is 2.30. The molecule has 2 rings (SSSR count). The molecule has 0 aliphatic carbocycles. The summed E-state index contributed by atoms with van der Waals surface area (Å²) in [6.07, 6.45) is 0. The molecule has 2 aromatic carbocycles. The zero-order valence-corrected chi connectivity index (χ0v) is 11.6. The van der Waals surface area contributed by atoms with Crippen LogP contribution in [0.4, 0.5) is 11.4 Å². The lowest BCUT2D eigenvalue weighted by Crippen LogP contribution is -2.13. The number of nitrogens with one attached hydrogen (secondary N) is 1. The van der Waals surface area contributed by atoms with Crippen LogP contribution in [0.2, 0.25) is 5.02 Å². The van der Waals surface area contributed by atoms with Gasteiger partial charge in [0.05, 0.1) is 10.6 Å². The van der Waals surface area contributed by atoms with E-state index in [-0.39, 0.29) is 5.91 Å². The van der Waals surface area contributed by atoms with E-state index < -0.39 is 0 Å². The number of hydrogen-bond acceptors (Lipinski definition) is 2. The van der Waals surface area contributed by atoms with Gasteiger partial charge in [0, 0.05) is 11.4 Å². The second-order valence-electron chi connectivity index (χ2n) is 4.46. The van der Waals surface area contributed by atoms with Crippen molar-refractivity contribution in [3.8, 4) is 0 Å². The SMILES string of the molecule is Cc1cc(NC(=O)c2ccccc2Cl)c(C)cc1N. The molecule has 3 nitrogen and oxygen atoms in total. The quantitative estimate of drug-likeness (QED) is 0.819. The Labute approximate surface area is 117 Å². The predicted molar refractivity (Wildman–Crippen MR) is 79.7 cm³/mol. The van der Waals surface area contributed by atoms with Gasteiger partial charge in [-0.15, -0.1) is 0 Å². The minimum Gasteiger partial charge on any atom is -0.399 e. The first-order valence-corrected chi connectivity index (χ1v) is 6.29. The summed E-state index contributed by atoms with van der Waals surface area (Å²) in [6, 6.07) is 10.7. The van der Waals surface area contributed by atoms with Crippen LogP contribution in [0.1, 0.15) is 21.5 Å². The minimum absolute atomic E-state index is 0.224. The van der Waals surface area contributed by atoms with Crippen molar-refractivity contribution in [2.24, 2.45) is 0 Å². The van der Waals surface area contributed by atoms with Crippen LogP contribution in [-0.2, 0) is 0 Å². The smallest absolute Gasteiger partial charge is 0.257 e. The van der Waals surface area contributed by atoms with Gasteiger partial charge in [-0.25, -0.2) is 0 Å². The minimum atomic E-state index is -0.224. The summed E-state index contributed by atoms with van der Waals surface area (Å²) in [5.74, 6) is -0.224. The van der Waals surface area contributed by atoms with Crippen molar-refractivity contribution in [3.63, 3.8) is 0 Å². The van der Waals surface area contributed by atoms with Crippen molar-refractivity contribution >= 4 is 28.9 Å². The van der Waals surface area contributed by atoms with Crippen molar-refractivity contribution in [1.82, 2.24) is 0 Å². The highest BCUT2D eigenvalue weighted by atomic mass is 35.5. The topological polar surface area (TPSA) is 55.1 Å². The number of amides is 1. The number of rotatable bonds is 2. The summed E-state index contributed by atoms with van der Waals surface area (Å²) < 4.78 is 0. The molecule has 0 heterocycles. The van der Waals surface area contributed by atoms with Gasteiger partial charge >= 0.3 is 0 Å². The number of aryl methyl sites for hydroxylation is 2. The third-order valence-electron chi connectivity index (χ3n) is 2.98. The number of halogens is 1. The van der Waals surface area contributed by atoms with Crippen molar-refractivity contribution in [2.45, 2.75) is 13.8 Å². The molecule has 4 heteroatoms. The van der Waals surface area contributed by atoms with Crippen LogP contribution in [0, 0.1) is 13.8 Å². The highest BCUT2D eigenvalue weighted by Crippen LogP contribution is 2.23. The summed E-state index contributed by atoms with van der Waals surface area (Å²) in [6.45, 7) is 3.80. The number of nitrogens with two attached hydrogens (primary N) is 1. The van der Waals surface area contributed by atoms with Crippen LogP contribution in [0.25, 0.3) is 0 Å². The molecular weight excluding hydrogens is 260 g/mol. The molecule has 98 valence electrons. The summed E-state index contributed by atoms with van der Waals surface area (Å²) in [7, 11) is 0. The van der Waals surface area contributed by atoms with Gasteiger partial charge in [-0.2, -0.15) is 0 Å². The predicted octanol–water partition coefficient (Wildman–Crippen LogP) is 3.79. The molecule has 0 atom stereocenters. The largest absolute Gasteiger partial charge is 0.399 e. The molecule has 3 N–H and O–H groups in total. The number of hydrogen-bond donors (Lipinski definition) is 2. The molecule has 0 saturated carbocycles. The van der Waals surface area contributed by atoms with E-state index >= 15 is 0 Å². The fourth-order valence-corrected chi connectivity index (χ4v) is 2.03.